The van der Waals surface area contributed by atoms with Crippen molar-refractivity contribution in [3.05, 3.63) is 39.8 Å². The highest BCUT2D eigenvalue weighted by molar-refractivity contribution is 5.47. The highest BCUT2D eigenvalue weighted by Gasteiger charge is 2.27. The molecule has 1 fully saturated rings. The molecule has 0 spiro atoms. The molecule has 0 atom stereocenters. The van der Waals surface area contributed by atoms with Gasteiger partial charge in [-0.25, -0.2) is 4.79 Å². The molecule has 0 unspecified atom stereocenters. The molecule has 1 saturated carbocycles. The third-order valence-electron chi connectivity index (χ3n) is 3.51. The molecule has 1 aromatic carbocycles. The van der Waals surface area contributed by atoms with Gasteiger partial charge in [0.2, 0.25) is 0 Å². The van der Waals surface area contributed by atoms with Crippen molar-refractivity contribution in [3.8, 4) is 5.69 Å². The highest BCUT2D eigenvalue weighted by atomic mass is 16.2. The molecule has 0 bridgehead atoms. The molecule has 1 aliphatic carbocycles. The summed E-state index contributed by atoms with van der Waals surface area (Å²) in [4.78, 5) is 11.9. The van der Waals surface area contributed by atoms with Crippen molar-refractivity contribution in [2.75, 3.05) is 0 Å². The van der Waals surface area contributed by atoms with Crippen molar-refractivity contribution < 1.29 is 0 Å². The van der Waals surface area contributed by atoms with E-state index >= 15 is 0 Å². The number of aromatic nitrogens is 4. The summed E-state index contributed by atoms with van der Waals surface area (Å²) in [6, 6.07) is 6.12. The summed E-state index contributed by atoms with van der Waals surface area (Å²) in [5.41, 5.74) is 3.27. The second-order valence-electron chi connectivity index (χ2n) is 4.77. The van der Waals surface area contributed by atoms with E-state index in [1.54, 1.807) is 7.05 Å². The Labute approximate surface area is 105 Å². The van der Waals surface area contributed by atoms with Crippen LogP contribution >= 0.6 is 0 Å². The minimum Gasteiger partial charge on any atom is -0.244 e. The van der Waals surface area contributed by atoms with Crippen LogP contribution in [0.15, 0.2) is 23.0 Å². The number of aryl methyl sites for hydroxylation is 1. The van der Waals surface area contributed by atoms with Gasteiger partial charge in [0.1, 0.15) is 0 Å². The van der Waals surface area contributed by atoms with E-state index in [4.69, 9.17) is 0 Å². The van der Waals surface area contributed by atoms with Crippen LogP contribution in [0.25, 0.3) is 5.69 Å². The van der Waals surface area contributed by atoms with Gasteiger partial charge in [-0.05, 0) is 52.8 Å². The summed E-state index contributed by atoms with van der Waals surface area (Å²) in [6.45, 7) is 2.12. The Kier molecular flexibility index (Phi) is 2.54. The van der Waals surface area contributed by atoms with Gasteiger partial charge in [0, 0.05) is 7.05 Å². The molecule has 0 saturated heterocycles. The van der Waals surface area contributed by atoms with E-state index in [1.807, 2.05) is 12.1 Å². The quantitative estimate of drug-likeness (QED) is 0.820. The van der Waals surface area contributed by atoms with E-state index < -0.39 is 0 Å². The molecular weight excluding hydrogens is 228 g/mol. The predicted molar refractivity (Wildman–Crippen MR) is 68.0 cm³/mol. The summed E-state index contributed by atoms with van der Waals surface area (Å²) >= 11 is 0. The summed E-state index contributed by atoms with van der Waals surface area (Å²) in [7, 11) is 1.61. The average molecular weight is 244 g/mol. The average Bonchev–Trinajstić information content (AvgIpc) is 3.17. The van der Waals surface area contributed by atoms with Gasteiger partial charge in [-0.3, -0.25) is 0 Å². The SMILES string of the molecule is CCc1c(C2CC2)cccc1-n1nnn(C)c1=O. The van der Waals surface area contributed by atoms with Crippen LogP contribution in [0.2, 0.25) is 0 Å². The molecule has 1 aromatic heterocycles. The third kappa shape index (κ3) is 1.66. The molecule has 5 nitrogen and oxygen atoms in total. The monoisotopic (exact) mass is 244 g/mol. The lowest BCUT2D eigenvalue weighted by atomic mass is 9.99. The van der Waals surface area contributed by atoms with E-state index in [2.05, 4.69) is 23.4 Å². The van der Waals surface area contributed by atoms with Gasteiger partial charge in [-0.1, -0.05) is 19.1 Å². The number of hydrogen-bond acceptors (Lipinski definition) is 3. The second kappa shape index (κ2) is 4.08. The topological polar surface area (TPSA) is 52.7 Å². The van der Waals surface area contributed by atoms with Crippen LogP contribution in [0, 0.1) is 0 Å². The third-order valence-corrected chi connectivity index (χ3v) is 3.51. The fourth-order valence-electron chi connectivity index (χ4n) is 2.42. The molecule has 0 amide bonds. The summed E-state index contributed by atoms with van der Waals surface area (Å²) in [6.07, 6.45) is 3.42. The summed E-state index contributed by atoms with van der Waals surface area (Å²) in [5, 5.41) is 7.71. The second-order valence-corrected chi connectivity index (χ2v) is 4.77. The maximum atomic E-state index is 11.9. The van der Waals surface area contributed by atoms with Gasteiger partial charge < -0.3 is 0 Å². The van der Waals surface area contributed by atoms with Gasteiger partial charge in [0.15, 0.2) is 0 Å². The van der Waals surface area contributed by atoms with Crippen LogP contribution in [0.3, 0.4) is 0 Å². The van der Waals surface area contributed by atoms with E-state index in [0.29, 0.717) is 5.92 Å². The van der Waals surface area contributed by atoms with Crippen molar-refractivity contribution in [3.63, 3.8) is 0 Å². The number of nitrogens with zero attached hydrogens (tertiary/aromatic N) is 4. The lowest BCUT2D eigenvalue weighted by molar-refractivity contribution is 0.692. The van der Waals surface area contributed by atoms with Gasteiger partial charge >= 0.3 is 5.69 Å². The van der Waals surface area contributed by atoms with Crippen LogP contribution in [-0.2, 0) is 13.5 Å². The van der Waals surface area contributed by atoms with Crippen molar-refractivity contribution >= 4 is 0 Å². The molecule has 0 aliphatic heterocycles. The van der Waals surface area contributed by atoms with E-state index in [0.717, 1.165) is 12.1 Å². The standard InChI is InChI=1S/C13H16N4O/c1-3-10-11(9-7-8-9)5-4-6-12(10)17-13(18)16(2)14-15-17/h4-6,9H,3,7-8H2,1-2H3. The van der Waals surface area contributed by atoms with Crippen molar-refractivity contribution in [1.29, 1.82) is 0 Å². The Morgan fingerprint density at radius 3 is 2.67 bits per heavy atom. The zero-order chi connectivity index (χ0) is 12.7. The van der Waals surface area contributed by atoms with Crippen molar-refractivity contribution in [1.82, 2.24) is 19.8 Å². The number of tetrazole rings is 1. The lowest BCUT2D eigenvalue weighted by Crippen LogP contribution is -2.23. The Morgan fingerprint density at radius 1 is 1.33 bits per heavy atom. The fourth-order valence-corrected chi connectivity index (χ4v) is 2.42. The largest absolute Gasteiger partial charge is 0.368 e. The predicted octanol–water partition coefficient (Wildman–Crippen LogP) is 1.41. The minimum absolute atomic E-state index is 0.197. The summed E-state index contributed by atoms with van der Waals surface area (Å²) < 4.78 is 2.65. The van der Waals surface area contributed by atoms with Crippen LogP contribution in [0.4, 0.5) is 0 Å². The molecular formula is C13H16N4O. The van der Waals surface area contributed by atoms with Crippen LogP contribution in [-0.4, -0.2) is 19.8 Å². The van der Waals surface area contributed by atoms with Gasteiger partial charge in [0.05, 0.1) is 5.69 Å². The van der Waals surface area contributed by atoms with E-state index in [9.17, 15) is 4.79 Å². The van der Waals surface area contributed by atoms with Crippen molar-refractivity contribution in [2.45, 2.75) is 32.1 Å². The number of hydrogen-bond donors (Lipinski definition) is 0. The summed E-state index contributed by atoms with van der Waals surface area (Å²) in [5.74, 6) is 0.673. The van der Waals surface area contributed by atoms with Gasteiger partial charge in [-0.2, -0.15) is 9.36 Å². The Balaban J connectivity index is 2.20. The minimum atomic E-state index is -0.197. The highest BCUT2D eigenvalue weighted by Crippen LogP contribution is 2.42. The number of benzene rings is 1. The van der Waals surface area contributed by atoms with Crippen molar-refractivity contribution in [2.24, 2.45) is 7.05 Å². The smallest absolute Gasteiger partial charge is 0.244 e. The molecule has 0 radical (unpaired) electrons. The molecule has 5 heteroatoms. The van der Waals surface area contributed by atoms with Gasteiger partial charge in [0.25, 0.3) is 0 Å². The zero-order valence-electron chi connectivity index (χ0n) is 10.6. The lowest BCUT2D eigenvalue weighted by Gasteiger charge is -2.11. The maximum Gasteiger partial charge on any atom is 0.368 e. The number of rotatable bonds is 3. The first kappa shape index (κ1) is 11.2. The Bertz CT molecular complexity index is 637. The first-order valence-electron chi connectivity index (χ1n) is 6.33. The molecule has 1 heterocycles. The molecule has 94 valence electrons. The van der Waals surface area contributed by atoms with Crippen LogP contribution in [0.5, 0.6) is 0 Å². The fraction of sp³-hybridized carbons (Fsp3) is 0.462. The van der Waals surface area contributed by atoms with Gasteiger partial charge in [-0.15, -0.1) is 0 Å². The first-order valence-corrected chi connectivity index (χ1v) is 6.33. The van der Waals surface area contributed by atoms with E-state index in [-0.39, 0.29) is 5.69 Å². The molecule has 2 aromatic rings. The first-order chi connectivity index (χ1) is 8.72. The maximum absolute atomic E-state index is 11.9. The Hall–Kier alpha value is -1.91. The Morgan fingerprint density at radius 2 is 2.11 bits per heavy atom. The van der Waals surface area contributed by atoms with E-state index in [1.165, 1.54) is 33.3 Å². The van der Waals surface area contributed by atoms with Crippen LogP contribution < -0.4 is 5.69 Å². The zero-order valence-corrected chi connectivity index (χ0v) is 10.6. The molecule has 18 heavy (non-hydrogen) atoms. The molecule has 3 rings (SSSR count). The molecule has 1 aliphatic rings. The molecule has 0 N–H and O–H groups in total. The van der Waals surface area contributed by atoms with Crippen LogP contribution in [0.1, 0.15) is 36.8 Å². The normalized spacial score (nSPS) is 15.0.